The Morgan fingerprint density at radius 3 is 2.65 bits per heavy atom. The average Bonchev–Trinajstić information content (AvgIpc) is 3.08. The maximum atomic E-state index is 14.3. The summed E-state index contributed by atoms with van der Waals surface area (Å²) < 4.78 is 40.7. The first-order valence-electron chi connectivity index (χ1n) is 10.3. The molecule has 3 aromatic rings. The summed E-state index contributed by atoms with van der Waals surface area (Å²) in [6, 6.07) is 6.16. The van der Waals surface area contributed by atoms with Crippen LogP contribution in [0.15, 0.2) is 41.6 Å². The van der Waals surface area contributed by atoms with Gasteiger partial charge in [-0.15, -0.1) is 0 Å². The van der Waals surface area contributed by atoms with E-state index < -0.39 is 26.1 Å². The van der Waals surface area contributed by atoms with Gasteiger partial charge < -0.3 is 10.4 Å². The minimum atomic E-state index is -3.56. The molecular weight excluding hydrogens is 419 g/mol. The Morgan fingerprint density at radius 1 is 1.26 bits per heavy atom. The third-order valence-electron chi connectivity index (χ3n) is 5.87. The summed E-state index contributed by atoms with van der Waals surface area (Å²) in [4.78, 5) is 8.39. The van der Waals surface area contributed by atoms with Crippen LogP contribution in [0.3, 0.4) is 0 Å². The summed E-state index contributed by atoms with van der Waals surface area (Å²) in [5, 5.41) is 13.3. The lowest BCUT2D eigenvalue weighted by molar-refractivity contribution is -0.0370. The average molecular weight is 447 g/mol. The molecule has 1 aliphatic rings. The van der Waals surface area contributed by atoms with E-state index >= 15 is 0 Å². The molecule has 2 N–H and O–H groups in total. The molecule has 9 heteroatoms. The smallest absolute Gasteiger partial charge is 0.215 e. The molecule has 4 rings (SSSR count). The van der Waals surface area contributed by atoms with Gasteiger partial charge in [0.25, 0.3) is 0 Å². The van der Waals surface area contributed by atoms with Gasteiger partial charge in [-0.2, -0.15) is 4.39 Å². The second-order valence-electron chi connectivity index (χ2n) is 9.17. The van der Waals surface area contributed by atoms with Gasteiger partial charge in [0, 0.05) is 24.4 Å². The van der Waals surface area contributed by atoms with Crippen LogP contribution in [0.1, 0.15) is 46.5 Å². The van der Waals surface area contributed by atoms with Crippen LogP contribution in [0, 0.1) is 5.95 Å². The molecule has 0 unspecified atom stereocenters. The number of aromatic nitrogens is 3. The third kappa shape index (κ3) is 4.16. The number of hydrogen-bond acceptors (Lipinski definition) is 6. The summed E-state index contributed by atoms with van der Waals surface area (Å²) >= 11 is 0. The summed E-state index contributed by atoms with van der Waals surface area (Å²) in [6.07, 6.45) is 6.29. The van der Waals surface area contributed by atoms with Crippen molar-refractivity contribution in [1.82, 2.24) is 14.4 Å². The summed E-state index contributed by atoms with van der Waals surface area (Å²) in [5.41, 5.74) is 1.01. The van der Waals surface area contributed by atoms with Gasteiger partial charge in [-0.3, -0.25) is 4.40 Å². The van der Waals surface area contributed by atoms with Crippen LogP contribution in [-0.4, -0.2) is 44.8 Å². The highest BCUT2D eigenvalue weighted by molar-refractivity contribution is 7.92. The first kappa shape index (κ1) is 21.7. The van der Waals surface area contributed by atoms with Gasteiger partial charge in [0.15, 0.2) is 9.84 Å². The lowest BCUT2D eigenvalue weighted by Crippen LogP contribution is -2.38. The number of hydrogen-bond donors (Lipinski definition) is 2. The van der Waals surface area contributed by atoms with Gasteiger partial charge in [-0.1, -0.05) is 0 Å². The number of pyridine rings is 2. The molecule has 1 saturated carbocycles. The first-order valence-corrected chi connectivity index (χ1v) is 11.8. The Kier molecular flexibility index (Phi) is 5.29. The fraction of sp³-hybridized carbons (Fsp3) is 0.455. The molecule has 0 radical (unpaired) electrons. The molecule has 0 amide bonds. The van der Waals surface area contributed by atoms with E-state index in [1.807, 2.05) is 0 Å². The minimum absolute atomic E-state index is 0.174. The molecular formula is C22H27FN4O3S. The maximum absolute atomic E-state index is 14.3. The van der Waals surface area contributed by atoms with E-state index in [1.54, 1.807) is 43.5 Å². The van der Waals surface area contributed by atoms with Crippen LogP contribution in [0.4, 0.5) is 10.2 Å². The molecule has 0 bridgehead atoms. The van der Waals surface area contributed by atoms with Crippen LogP contribution in [0.25, 0.3) is 16.9 Å². The van der Waals surface area contributed by atoms with E-state index in [9.17, 15) is 17.9 Å². The maximum Gasteiger partial charge on any atom is 0.215 e. The molecule has 0 spiro atoms. The van der Waals surface area contributed by atoms with Gasteiger partial charge in [0.05, 0.1) is 27.1 Å². The van der Waals surface area contributed by atoms with E-state index in [1.165, 1.54) is 18.3 Å². The number of nitrogens with zero attached hydrogens (tertiary/aromatic N) is 3. The van der Waals surface area contributed by atoms with Crippen molar-refractivity contribution in [2.45, 2.75) is 61.7 Å². The van der Waals surface area contributed by atoms with Crippen molar-refractivity contribution in [1.29, 1.82) is 0 Å². The van der Waals surface area contributed by atoms with Crippen LogP contribution < -0.4 is 5.32 Å². The van der Waals surface area contributed by atoms with Gasteiger partial charge >= 0.3 is 0 Å². The van der Waals surface area contributed by atoms with E-state index in [2.05, 4.69) is 15.3 Å². The zero-order valence-corrected chi connectivity index (χ0v) is 18.7. The standard InChI is InChI=1S/C22H27FN4O3S/c1-21(2,3)31(29,30)16-5-6-20-25-13-17(27(20)14-16)15-11-18(23)26-19(12-15)24-10-9-22(28)7-4-8-22/h5-6,11-14,28H,4,7-10H2,1-3H3,(H,24,26). The number of anilines is 1. The first-order chi connectivity index (χ1) is 14.5. The van der Waals surface area contributed by atoms with Crippen molar-refractivity contribution in [2.24, 2.45) is 0 Å². The van der Waals surface area contributed by atoms with Gasteiger partial charge in [0.2, 0.25) is 5.95 Å². The molecule has 31 heavy (non-hydrogen) atoms. The predicted octanol–water partition coefficient (Wildman–Crippen LogP) is 3.82. The Hall–Kier alpha value is -2.52. The molecule has 1 fully saturated rings. The molecule has 0 atom stereocenters. The van der Waals surface area contributed by atoms with Gasteiger partial charge in [0.1, 0.15) is 11.5 Å². The highest BCUT2D eigenvalue weighted by Gasteiger charge is 2.33. The largest absolute Gasteiger partial charge is 0.390 e. The van der Waals surface area contributed by atoms with Crippen molar-refractivity contribution < 1.29 is 17.9 Å². The molecule has 3 heterocycles. The minimum Gasteiger partial charge on any atom is -0.390 e. The van der Waals surface area contributed by atoms with E-state index in [4.69, 9.17) is 0 Å². The van der Waals surface area contributed by atoms with E-state index in [-0.39, 0.29) is 4.90 Å². The summed E-state index contributed by atoms with van der Waals surface area (Å²) in [5.74, 6) is -0.304. The highest BCUT2D eigenvalue weighted by atomic mass is 32.2. The van der Waals surface area contributed by atoms with E-state index in [0.717, 1.165) is 19.3 Å². The second kappa shape index (κ2) is 7.56. The lowest BCUT2D eigenvalue weighted by Gasteiger charge is -2.36. The number of imidazole rings is 1. The van der Waals surface area contributed by atoms with Gasteiger partial charge in [-0.05, 0) is 64.7 Å². The van der Waals surface area contributed by atoms with Crippen LogP contribution in [-0.2, 0) is 9.84 Å². The molecule has 7 nitrogen and oxygen atoms in total. The number of sulfone groups is 1. The normalized spacial score (nSPS) is 16.3. The highest BCUT2D eigenvalue weighted by Crippen LogP contribution is 2.34. The third-order valence-corrected chi connectivity index (χ3v) is 8.34. The van der Waals surface area contributed by atoms with Crippen LogP contribution in [0.5, 0.6) is 0 Å². The predicted molar refractivity (Wildman–Crippen MR) is 117 cm³/mol. The summed E-state index contributed by atoms with van der Waals surface area (Å²) in [7, 11) is -3.56. The van der Waals surface area contributed by atoms with Crippen LogP contribution in [0.2, 0.25) is 0 Å². The quantitative estimate of drug-likeness (QED) is 0.559. The molecule has 0 aromatic carbocycles. The number of halogens is 1. The lowest BCUT2D eigenvalue weighted by atomic mass is 9.78. The van der Waals surface area contributed by atoms with Gasteiger partial charge in [-0.25, -0.2) is 18.4 Å². The fourth-order valence-electron chi connectivity index (χ4n) is 3.68. The van der Waals surface area contributed by atoms with Crippen molar-refractivity contribution in [3.8, 4) is 11.3 Å². The van der Waals surface area contributed by atoms with Crippen molar-refractivity contribution in [3.63, 3.8) is 0 Å². The molecule has 0 saturated heterocycles. The zero-order valence-electron chi connectivity index (χ0n) is 17.9. The van der Waals surface area contributed by atoms with E-state index in [0.29, 0.717) is 35.7 Å². The monoisotopic (exact) mass is 446 g/mol. The Balaban J connectivity index is 1.66. The Morgan fingerprint density at radius 2 is 2.00 bits per heavy atom. The van der Waals surface area contributed by atoms with Crippen molar-refractivity contribution in [3.05, 3.63) is 42.6 Å². The summed E-state index contributed by atoms with van der Waals surface area (Å²) in [6.45, 7) is 5.43. The SMILES string of the molecule is CC(C)(C)S(=O)(=O)c1ccc2ncc(-c3cc(F)nc(NCCC4(O)CCC4)c3)n2c1. The fourth-order valence-corrected chi connectivity index (χ4v) is 4.88. The number of nitrogens with one attached hydrogen (secondary N) is 1. The molecule has 0 aliphatic heterocycles. The number of rotatable bonds is 6. The van der Waals surface area contributed by atoms with Crippen LogP contribution >= 0.6 is 0 Å². The Bertz CT molecular complexity index is 1230. The number of aliphatic hydroxyl groups is 1. The second-order valence-corrected chi connectivity index (χ2v) is 11.9. The molecule has 166 valence electrons. The Labute approximate surface area is 181 Å². The zero-order chi connectivity index (χ0) is 22.4. The topological polar surface area (TPSA) is 96.6 Å². The number of fused-ring (bicyclic) bond motifs is 1. The molecule has 3 aromatic heterocycles. The van der Waals surface area contributed by atoms with Crippen molar-refractivity contribution >= 4 is 21.3 Å². The van der Waals surface area contributed by atoms with Crippen molar-refractivity contribution in [2.75, 3.05) is 11.9 Å². The molecule has 1 aliphatic carbocycles.